The van der Waals surface area contributed by atoms with Gasteiger partial charge in [-0.05, 0) is 49.8 Å². The van der Waals surface area contributed by atoms with Crippen molar-refractivity contribution in [3.8, 4) is 0 Å². The summed E-state index contributed by atoms with van der Waals surface area (Å²) in [7, 11) is 0. The molecule has 5 nitrogen and oxygen atoms in total. The number of nitrogens with one attached hydrogen (secondary N) is 2. The molecule has 1 fully saturated rings. The van der Waals surface area contributed by atoms with Crippen molar-refractivity contribution < 1.29 is 4.79 Å². The van der Waals surface area contributed by atoms with Gasteiger partial charge in [0.05, 0.1) is 0 Å². The zero-order chi connectivity index (χ0) is 13.2. The number of fused-ring (bicyclic) bond motifs is 1. The molecule has 3 rings (SSSR count). The Labute approximate surface area is 111 Å². The van der Waals surface area contributed by atoms with Gasteiger partial charge in [0.15, 0.2) is 0 Å². The Morgan fingerprint density at radius 3 is 2.74 bits per heavy atom. The van der Waals surface area contributed by atoms with Crippen LogP contribution in [0.3, 0.4) is 0 Å². The van der Waals surface area contributed by atoms with Gasteiger partial charge in [0.1, 0.15) is 11.0 Å². The minimum atomic E-state index is -0.00977. The van der Waals surface area contributed by atoms with Crippen LogP contribution in [-0.4, -0.2) is 27.4 Å². The first-order valence-corrected chi connectivity index (χ1v) is 6.84. The lowest BCUT2D eigenvalue weighted by molar-refractivity contribution is 0.0923. The smallest absolute Gasteiger partial charge is 0.251 e. The molecule has 2 aromatic rings. The van der Waals surface area contributed by atoms with Crippen molar-refractivity contribution in [2.24, 2.45) is 5.92 Å². The van der Waals surface area contributed by atoms with Crippen LogP contribution in [0.2, 0.25) is 0 Å². The Morgan fingerprint density at radius 1 is 1.21 bits per heavy atom. The van der Waals surface area contributed by atoms with E-state index in [1.807, 2.05) is 6.07 Å². The van der Waals surface area contributed by atoms with E-state index in [4.69, 9.17) is 0 Å². The summed E-state index contributed by atoms with van der Waals surface area (Å²) in [5, 5.41) is 13.7. The van der Waals surface area contributed by atoms with Crippen molar-refractivity contribution in [2.75, 3.05) is 0 Å². The second-order valence-electron chi connectivity index (χ2n) is 5.46. The van der Waals surface area contributed by atoms with Crippen molar-refractivity contribution in [2.45, 2.75) is 38.6 Å². The van der Waals surface area contributed by atoms with Crippen LogP contribution >= 0.6 is 0 Å². The molecule has 100 valence electrons. The highest BCUT2D eigenvalue weighted by Gasteiger charge is 2.20. The lowest BCUT2D eigenvalue weighted by Gasteiger charge is -2.26. The predicted molar refractivity (Wildman–Crippen MR) is 72.8 cm³/mol. The quantitative estimate of drug-likeness (QED) is 0.868. The molecule has 1 amide bonds. The minimum Gasteiger partial charge on any atom is -0.349 e. The molecule has 1 aromatic heterocycles. The summed E-state index contributed by atoms with van der Waals surface area (Å²) in [6.45, 7) is 2.27. The van der Waals surface area contributed by atoms with Crippen LogP contribution in [0.4, 0.5) is 0 Å². The highest BCUT2D eigenvalue weighted by molar-refractivity contribution is 5.97. The number of nitrogens with zero attached hydrogens (tertiary/aromatic N) is 2. The maximum absolute atomic E-state index is 12.2. The fourth-order valence-corrected chi connectivity index (χ4v) is 2.65. The lowest BCUT2D eigenvalue weighted by Crippen LogP contribution is -2.37. The summed E-state index contributed by atoms with van der Waals surface area (Å²) in [6, 6.07) is 5.71. The van der Waals surface area contributed by atoms with Gasteiger partial charge >= 0.3 is 0 Å². The molecule has 1 saturated carbocycles. The normalized spacial score (nSPS) is 23.4. The number of benzene rings is 1. The zero-order valence-electron chi connectivity index (χ0n) is 11.0. The highest BCUT2D eigenvalue weighted by Crippen LogP contribution is 2.23. The van der Waals surface area contributed by atoms with Gasteiger partial charge < -0.3 is 5.32 Å². The molecule has 0 unspecified atom stereocenters. The Bertz CT molecular complexity index is 584. The summed E-state index contributed by atoms with van der Waals surface area (Å²) in [4.78, 5) is 12.2. The van der Waals surface area contributed by atoms with Gasteiger partial charge in [-0.1, -0.05) is 6.92 Å². The predicted octanol–water partition coefficient (Wildman–Crippen LogP) is 2.27. The summed E-state index contributed by atoms with van der Waals surface area (Å²) in [5.41, 5.74) is 2.16. The van der Waals surface area contributed by atoms with Crippen LogP contribution in [0.1, 0.15) is 43.0 Å². The number of carbonyl (C=O) groups is 1. The number of amides is 1. The van der Waals surface area contributed by atoms with Crippen LogP contribution in [0, 0.1) is 5.92 Å². The van der Waals surface area contributed by atoms with Crippen LogP contribution < -0.4 is 5.32 Å². The van der Waals surface area contributed by atoms with Crippen molar-refractivity contribution in [1.82, 2.24) is 20.7 Å². The number of aromatic amines is 1. The zero-order valence-corrected chi connectivity index (χ0v) is 11.0. The van der Waals surface area contributed by atoms with Crippen molar-refractivity contribution in [3.05, 3.63) is 23.8 Å². The number of hydrogen-bond acceptors (Lipinski definition) is 3. The summed E-state index contributed by atoms with van der Waals surface area (Å²) in [6.07, 6.45) is 4.57. The standard InChI is InChI=1S/C14H18N4O/c1-9-2-5-11(6-3-9)15-14(19)10-4-7-12-13(8-10)17-18-16-12/h4,7-9,11H,2-3,5-6H2,1H3,(H,15,19)(H,16,17,18). The van der Waals surface area contributed by atoms with E-state index in [2.05, 4.69) is 27.7 Å². The number of carbonyl (C=O) groups excluding carboxylic acids is 1. The molecule has 0 radical (unpaired) electrons. The van der Waals surface area contributed by atoms with Gasteiger partial charge in [-0.15, -0.1) is 0 Å². The fourth-order valence-electron chi connectivity index (χ4n) is 2.65. The Kier molecular flexibility index (Phi) is 3.19. The second kappa shape index (κ2) is 4.99. The van der Waals surface area contributed by atoms with Gasteiger partial charge in [0, 0.05) is 11.6 Å². The monoisotopic (exact) mass is 258 g/mol. The summed E-state index contributed by atoms with van der Waals surface area (Å²) >= 11 is 0. The SMILES string of the molecule is CC1CCC(NC(=O)c2ccc3n[nH]nc3c2)CC1. The third-order valence-electron chi connectivity index (χ3n) is 3.93. The van der Waals surface area contributed by atoms with Crippen LogP contribution in [0.5, 0.6) is 0 Å². The van der Waals surface area contributed by atoms with Crippen LogP contribution in [0.15, 0.2) is 18.2 Å². The van der Waals surface area contributed by atoms with E-state index in [0.717, 1.165) is 29.8 Å². The molecule has 0 aliphatic heterocycles. The van der Waals surface area contributed by atoms with E-state index in [0.29, 0.717) is 11.6 Å². The van der Waals surface area contributed by atoms with Crippen molar-refractivity contribution >= 4 is 16.9 Å². The first-order valence-electron chi connectivity index (χ1n) is 6.84. The van der Waals surface area contributed by atoms with E-state index in [-0.39, 0.29) is 5.91 Å². The Balaban J connectivity index is 1.69. The first-order chi connectivity index (χ1) is 9.22. The van der Waals surface area contributed by atoms with Gasteiger partial charge in [0.25, 0.3) is 5.91 Å². The highest BCUT2D eigenvalue weighted by atomic mass is 16.1. The maximum atomic E-state index is 12.2. The average Bonchev–Trinajstić information content (AvgIpc) is 2.88. The number of hydrogen-bond donors (Lipinski definition) is 2. The van der Waals surface area contributed by atoms with E-state index < -0.39 is 0 Å². The molecule has 1 aliphatic carbocycles. The van der Waals surface area contributed by atoms with Gasteiger partial charge in [-0.2, -0.15) is 15.4 Å². The van der Waals surface area contributed by atoms with Crippen molar-refractivity contribution in [3.63, 3.8) is 0 Å². The lowest BCUT2D eigenvalue weighted by atomic mass is 9.87. The van der Waals surface area contributed by atoms with Gasteiger partial charge in [-0.3, -0.25) is 4.79 Å². The topological polar surface area (TPSA) is 70.7 Å². The molecule has 5 heteroatoms. The molecule has 0 atom stereocenters. The third kappa shape index (κ3) is 2.59. The molecule has 0 saturated heterocycles. The largest absolute Gasteiger partial charge is 0.349 e. The molecular formula is C14H18N4O. The van der Waals surface area contributed by atoms with Crippen LogP contribution in [-0.2, 0) is 0 Å². The molecule has 0 spiro atoms. The third-order valence-corrected chi connectivity index (χ3v) is 3.93. The number of H-pyrrole nitrogens is 1. The molecule has 0 bridgehead atoms. The number of rotatable bonds is 2. The summed E-state index contributed by atoms with van der Waals surface area (Å²) < 4.78 is 0. The van der Waals surface area contributed by atoms with Crippen LogP contribution in [0.25, 0.3) is 11.0 Å². The minimum absolute atomic E-state index is 0.00977. The van der Waals surface area contributed by atoms with E-state index in [1.165, 1.54) is 12.8 Å². The molecule has 1 aromatic carbocycles. The molecular weight excluding hydrogens is 240 g/mol. The van der Waals surface area contributed by atoms with Gasteiger partial charge in [-0.25, -0.2) is 0 Å². The molecule has 1 aliphatic rings. The Morgan fingerprint density at radius 2 is 1.95 bits per heavy atom. The average molecular weight is 258 g/mol. The number of aromatic nitrogens is 3. The maximum Gasteiger partial charge on any atom is 0.251 e. The van der Waals surface area contributed by atoms with E-state index >= 15 is 0 Å². The van der Waals surface area contributed by atoms with Crippen molar-refractivity contribution in [1.29, 1.82) is 0 Å². The second-order valence-corrected chi connectivity index (χ2v) is 5.46. The molecule has 19 heavy (non-hydrogen) atoms. The van der Waals surface area contributed by atoms with E-state index in [1.54, 1.807) is 12.1 Å². The molecule has 1 heterocycles. The first kappa shape index (κ1) is 12.1. The van der Waals surface area contributed by atoms with Gasteiger partial charge in [0.2, 0.25) is 0 Å². The van der Waals surface area contributed by atoms with E-state index in [9.17, 15) is 4.79 Å². The Hall–Kier alpha value is -1.91. The molecule has 2 N–H and O–H groups in total. The summed E-state index contributed by atoms with van der Waals surface area (Å²) in [5.74, 6) is 0.782. The fraction of sp³-hybridized carbons (Fsp3) is 0.500.